The fourth-order valence-corrected chi connectivity index (χ4v) is 2.33. The molecule has 0 aliphatic rings. The van der Waals surface area contributed by atoms with Gasteiger partial charge in [0, 0.05) is 17.0 Å². The number of fused-ring (bicyclic) bond motifs is 1. The minimum Gasteiger partial charge on any atom is -0.479 e. The lowest BCUT2D eigenvalue weighted by molar-refractivity contribution is -0.150. The van der Waals surface area contributed by atoms with Crippen molar-refractivity contribution >= 4 is 16.9 Å². The second-order valence-corrected chi connectivity index (χ2v) is 5.02. The highest BCUT2D eigenvalue weighted by molar-refractivity contribution is 5.85. The molecule has 0 aliphatic heterocycles. The lowest BCUT2D eigenvalue weighted by Gasteiger charge is -2.16. The van der Waals surface area contributed by atoms with Gasteiger partial charge in [-0.1, -0.05) is 6.92 Å². The van der Waals surface area contributed by atoms with E-state index in [9.17, 15) is 9.59 Å². The Balaban J connectivity index is 2.43. The van der Waals surface area contributed by atoms with E-state index in [0.717, 1.165) is 17.4 Å². The van der Waals surface area contributed by atoms with Crippen LogP contribution in [0.15, 0.2) is 27.4 Å². The third-order valence-electron chi connectivity index (χ3n) is 3.50. The Kier molecular flexibility index (Phi) is 4.85. The maximum atomic E-state index is 11.7. The molecule has 1 aromatic carbocycles. The molecule has 1 atom stereocenters. The highest BCUT2D eigenvalue weighted by Crippen LogP contribution is 2.29. The molecule has 0 saturated carbocycles. The van der Waals surface area contributed by atoms with Crippen LogP contribution in [0.3, 0.4) is 0 Å². The van der Waals surface area contributed by atoms with Gasteiger partial charge in [-0.15, -0.1) is 0 Å². The number of aryl methyl sites for hydroxylation is 2. The Bertz CT molecular complexity index is 745. The van der Waals surface area contributed by atoms with Gasteiger partial charge in [0.1, 0.15) is 11.3 Å². The predicted octanol–water partition coefficient (Wildman–Crippen LogP) is 2.99. The summed E-state index contributed by atoms with van der Waals surface area (Å²) in [6, 6.07) is 5.13. The molecule has 0 unspecified atom stereocenters. The molecule has 0 fully saturated rings. The van der Waals surface area contributed by atoms with Crippen molar-refractivity contribution in [1.29, 1.82) is 0 Å². The Morgan fingerprint density at radius 1 is 1.32 bits per heavy atom. The maximum absolute atomic E-state index is 11.7. The summed E-state index contributed by atoms with van der Waals surface area (Å²) < 4.78 is 15.9. The molecule has 0 spiro atoms. The van der Waals surface area contributed by atoms with Gasteiger partial charge >= 0.3 is 11.6 Å². The SMILES string of the molecule is CCOC(=O)[C@@H](C)Oc1ccc2c(CC)cc(=O)oc2c1C. The highest BCUT2D eigenvalue weighted by atomic mass is 16.6. The van der Waals surface area contributed by atoms with Crippen molar-refractivity contribution in [2.45, 2.75) is 40.2 Å². The number of carbonyl (C=O) groups excluding carboxylic acids is 1. The Hall–Kier alpha value is -2.30. The van der Waals surface area contributed by atoms with E-state index in [-0.39, 0.29) is 5.63 Å². The lowest BCUT2D eigenvalue weighted by atomic mass is 10.0. The summed E-state index contributed by atoms with van der Waals surface area (Å²) in [5, 5.41) is 0.885. The summed E-state index contributed by atoms with van der Waals surface area (Å²) in [6.07, 6.45) is 0.0122. The van der Waals surface area contributed by atoms with Crippen LogP contribution in [0, 0.1) is 6.92 Å². The quantitative estimate of drug-likeness (QED) is 0.627. The van der Waals surface area contributed by atoms with Crippen molar-refractivity contribution < 1.29 is 18.7 Å². The van der Waals surface area contributed by atoms with Crippen molar-refractivity contribution in [3.05, 3.63) is 39.7 Å². The van der Waals surface area contributed by atoms with Crippen molar-refractivity contribution in [2.75, 3.05) is 6.61 Å². The summed E-state index contributed by atoms with van der Waals surface area (Å²) in [7, 11) is 0. The van der Waals surface area contributed by atoms with E-state index < -0.39 is 12.1 Å². The number of carbonyl (C=O) groups is 1. The fourth-order valence-electron chi connectivity index (χ4n) is 2.33. The Morgan fingerprint density at radius 2 is 2.05 bits per heavy atom. The molecule has 0 N–H and O–H groups in total. The largest absolute Gasteiger partial charge is 0.479 e. The van der Waals surface area contributed by atoms with Crippen LogP contribution in [0.4, 0.5) is 0 Å². The molecule has 0 bridgehead atoms. The monoisotopic (exact) mass is 304 g/mol. The van der Waals surface area contributed by atoms with Crippen LogP contribution in [-0.4, -0.2) is 18.7 Å². The summed E-state index contributed by atoms with van der Waals surface area (Å²) >= 11 is 0. The first-order chi connectivity index (χ1) is 10.5. The van der Waals surface area contributed by atoms with Crippen molar-refractivity contribution in [1.82, 2.24) is 0 Å². The summed E-state index contributed by atoms with van der Waals surface area (Å²) in [5.41, 5.74) is 1.74. The van der Waals surface area contributed by atoms with Crippen LogP contribution < -0.4 is 10.4 Å². The zero-order valence-electron chi connectivity index (χ0n) is 13.3. The molecule has 0 radical (unpaired) electrons. The van der Waals surface area contributed by atoms with Crippen LogP contribution in [-0.2, 0) is 16.0 Å². The molecule has 0 amide bonds. The van der Waals surface area contributed by atoms with E-state index in [4.69, 9.17) is 13.9 Å². The van der Waals surface area contributed by atoms with Gasteiger partial charge < -0.3 is 13.9 Å². The molecule has 118 valence electrons. The van der Waals surface area contributed by atoms with E-state index in [0.29, 0.717) is 23.5 Å². The molecule has 5 nitrogen and oxygen atoms in total. The first-order valence-electron chi connectivity index (χ1n) is 7.37. The molecule has 22 heavy (non-hydrogen) atoms. The number of hydrogen-bond donors (Lipinski definition) is 0. The third kappa shape index (κ3) is 3.13. The van der Waals surface area contributed by atoms with Crippen molar-refractivity contribution in [3.63, 3.8) is 0 Å². The smallest absolute Gasteiger partial charge is 0.347 e. The molecule has 1 aromatic heterocycles. The zero-order valence-corrected chi connectivity index (χ0v) is 13.3. The van der Waals surface area contributed by atoms with Crippen molar-refractivity contribution in [3.8, 4) is 5.75 Å². The zero-order chi connectivity index (χ0) is 16.3. The third-order valence-corrected chi connectivity index (χ3v) is 3.50. The van der Waals surface area contributed by atoms with Crippen LogP contribution in [0.2, 0.25) is 0 Å². The lowest BCUT2D eigenvalue weighted by Crippen LogP contribution is -2.26. The van der Waals surface area contributed by atoms with E-state index in [1.54, 1.807) is 26.8 Å². The van der Waals surface area contributed by atoms with E-state index in [1.165, 1.54) is 6.07 Å². The Morgan fingerprint density at radius 3 is 2.68 bits per heavy atom. The number of hydrogen-bond acceptors (Lipinski definition) is 5. The molecular weight excluding hydrogens is 284 g/mol. The summed E-state index contributed by atoms with van der Waals surface area (Å²) in [4.78, 5) is 23.3. The van der Waals surface area contributed by atoms with Crippen LogP contribution in [0.1, 0.15) is 31.9 Å². The first kappa shape index (κ1) is 16.1. The van der Waals surface area contributed by atoms with Crippen LogP contribution in [0.25, 0.3) is 11.0 Å². The molecule has 2 aromatic rings. The minimum atomic E-state index is -0.725. The highest BCUT2D eigenvalue weighted by Gasteiger charge is 2.18. The van der Waals surface area contributed by atoms with E-state index in [1.807, 2.05) is 13.0 Å². The minimum absolute atomic E-state index is 0.304. The summed E-state index contributed by atoms with van der Waals surface area (Å²) in [6.45, 7) is 7.46. The molecular formula is C17H20O5. The topological polar surface area (TPSA) is 65.7 Å². The second-order valence-electron chi connectivity index (χ2n) is 5.02. The van der Waals surface area contributed by atoms with Crippen molar-refractivity contribution in [2.24, 2.45) is 0 Å². The Labute approximate surface area is 128 Å². The van der Waals surface area contributed by atoms with Gasteiger partial charge in [-0.05, 0) is 44.9 Å². The normalized spacial score (nSPS) is 12.2. The van der Waals surface area contributed by atoms with Crippen LogP contribution in [0.5, 0.6) is 5.75 Å². The number of esters is 1. The van der Waals surface area contributed by atoms with E-state index >= 15 is 0 Å². The molecule has 5 heteroatoms. The molecule has 0 saturated heterocycles. The average Bonchev–Trinajstić information content (AvgIpc) is 2.49. The van der Waals surface area contributed by atoms with Gasteiger partial charge in [0.25, 0.3) is 0 Å². The van der Waals surface area contributed by atoms with Gasteiger partial charge in [-0.25, -0.2) is 9.59 Å². The fraction of sp³-hybridized carbons (Fsp3) is 0.412. The molecule has 1 heterocycles. The van der Waals surface area contributed by atoms with Gasteiger partial charge in [0.2, 0.25) is 0 Å². The second kappa shape index (κ2) is 6.64. The van der Waals surface area contributed by atoms with Gasteiger partial charge in [0.05, 0.1) is 6.61 Å². The maximum Gasteiger partial charge on any atom is 0.347 e. The number of benzene rings is 1. The number of rotatable bonds is 5. The molecule has 0 aliphatic carbocycles. The average molecular weight is 304 g/mol. The standard InChI is InChI=1S/C17H20O5/c1-5-12-9-15(18)22-16-10(3)14(8-7-13(12)16)21-11(4)17(19)20-6-2/h7-9,11H,5-6H2,1-4H3/t11-/m1/s1. The number of ether oxygens (including phenoxy) is 2. The summed E-state index contributed by atoms with van der Waals surface area (Å²) in [5.74, 6) is 0.0789. The molecule has 2 rings (SSSR count). The van der Waals surface area contributed by atoms with Gasteiger partial charge in [-0.2, -0.15) is 0 Å². The van der Waals surface area contributed by atoms with E-state index in [2.05, 4.69) is 0 Å². The van der Waals surface area contributed by atoms with Crippen LogP contribution >= 0.6 is 0 Å². The first-order valence-corrected chi connectivity index (χ1v) is 7.37. The predicted molar refractivity (Wildman–Crippen MR) is 83.3 cm³/mol. The van der Waals surface area contributed by atoms with Gasteiger partial charge in [-0.3, -0.25) is 0 Å². The van der Waals surface area contributed by atoms with Gasteiger partial charge in [0.15, 0.2) is 6.10 Å².